The molecule has 1 aromatic rings. The van der Waals surface area contributed by atoms with Crippen LogP contribution in [0.3, 0.4) is 0 Å². The van der Waals surface area contributed by atoms with Crippen LogP contribution in [0.15, 0.2) is 16.5 Å². The van der Waals surface area contributed by atoms with Crippen molar-refractivity contribution >= 4 is 11.8 Å². The second kappa shape index (κ2) is 3.19. The lowest BCUT2D eigenvalue weighted by Crippen LogP contribution is -2.08. The summed E-state index contributed by atoms with van der Waals surface area (Å²) in [4.78, 5) is 25.3. The first-order chi connectivity index (χ1) is 5.65. The second-order valence-corrected chi connectivity index (χ2v) is 2.13. The molecule has 0 fully saturated rings. The molecule has 1 aromatic heterocycles. The van der Waals surface area contributed by atoms with Crippen LogP contribution in [0.2, 0.25) is 0 Å². The van der Waals surface area contributed by atoms with Gasteiger partial charge in [0, 0.05) is 6.92 Å². The van der Waals surface area contributed by atoms with E-state index in [4.69, 9.17) is 4.42 Å². The van der Waals surface area contributed by atoms with Gasteiger partial charge in [-0.2, -0.15) is 5.90 Å². The summed E-state index contributed by atoms with van der Waals surface area (Å²) in [5, 5.41) is 0. The average molecular weight is 169 g/mol. The number of hydrogen-bond acceptors (Lipinski definition) is 5. The number of nitrogens with two attached hydrogens (primary N) is 1. The van der Waals surface area contributed by atoms with E-state index in [1.807, 2.05) is 0 Å². The molecule has 0 atom stereocenters. The number of ketones is 1. The third kappa shape index (κ3) is 1.51. The Morgan fingerprint density at radius 2 is 2.00 bits per heavy atom. The van der Waals surface area contributed by atoms with Crippen LogP contribution in [0.4, 0.5) is 0 Å². The Hall–Kier alpha value is -1.62. The van der Waals surface area contributed by atoms with Crippen LogP contribution >= 0.6 is 0 Å². The molecule has 2 N–H and O–H groups in total. The number of furan rings is 1. The van der Waals surface area contributed by atoms with Gasteiger partial charge in [-0.05, 0) is 12.1 Å². The van der Waals surface area contributed by atoms with Crippen LogP contribution < -0.4 is 5.90 Å². The molecule has 1 heterocycles. The van der Waals surface area contributed by atoms with Crippen molar-refractivity contribution in [2.45, 2.75) is 6.92 Å². The summed E-state index contributed by atoms with van der Waals surface area (Å²) >= 11 is 0. The maximum atomic E-state index is 10.7. The molecule has 0 aliphatic heterocycles. The molecule has 64 valence electrons. The van der Waals surface area contributed by atoms with Crippen molar-refractivity contribution in [2.75, 3.05) is 0 Å². The quantitative estimate of drug-likeness (QED) is 0.515. The van der Waals surface area contributed by atoms with Gasteiger partial charge in [-0.25, -0.2) is 4.79 Å². The predicted molar refractivity (Wildman–Crippen MR) is 38.3 cm³/mol. The van der Waals surface area contributed by atoms with Crippen LogP contribution in [-0.2, 0) is 4.84 Å². The third-order valence-corrected chi connectivity index (χ3v) is 1.26. The molecule has 0 saturated carbocycles. The monoisotopic (exact) mass is 169 g/mol. The lowest BCUT2D eigenvalue weighted by atomic mass is 10.3. The SMILES string of the molecule is CC(=O)c1ccc(C(=O)ON)o1. The molecule has 12 heavy (non-hydrogen) atoms. The fourth-order valence-corrected chi connectivity index (χ4v) is 0.695. The van der Waals surface area contributed by atoms with Gasteiger partial charge < -0.3 is 9.25 Å². The van der Waals surface area contributed by atoms with Crippen molar-refractivity contribution < 1.29 is 18.8 Å². The van der Waals surface area contributed by atoms with Crippen LogP contribution in [-0.4, -0.2) is 11.8 Å². The minimum atomic E-state index is -0.803. The highest BCUT2D eigenvalue weighted by atomic mass is 16.7. The first-order valence-corrected chi connectivity index (χ1v) is 3.17. The van der Waals surface area contributed by atoms with Gasteiger partial charge in [0.15, 0.2) is 11.5 Å². The van der Waals surface area contributed by atoms with E-state index in [9.17, 15) is 9.59 Å². The highest BCUT2D eigenvalue weighted by molar-refractivity contribution is 5.93. The molecular formula is C7H7NO4. The van der Waals surface area contributed by atoms with Crippen molar-refractivity contribution in [3.05, 3.63) is 23.7 Å². The summed E-state index contributed by atoms with van der Waals surface area (Å²) in [6.45, 7) is 1.33. The molecule has 0 spiro atoms. The van der Waals surface area contributed by atoms with Gasteiger partial charge in [0.1, 0.15) is 0 Å². The van der Waals surface area contributed by atoms with Crippen LogP contribution in [0.25, 0.3) is 0 Å². The highest BCUT2D eigenvalue weighted by Crippen LogP contribution is 2.08. The maximum Gasteiger partial charge on any atom is 0.392 e. The molecule has 5 heteroatoms. The molecule has 0 saturated heterocycles. The Bertz CT molecular complexity index is 315. The zero-order chi connectivity index (χ0) is 9.14. The standard InChI is InChI=1S/C7H7NO4/c1-4(9)5-2-3-6(11-5)7(10)12-8/h2-3H,8H2,1H3. The fourth-order valence-electron chi connectivity index (χ4n) is 0.695. The summed E-state index contributed by atoms with van der Waals surface area (Å²) in [5.74, 6) is 3.56. The van der Waals surface area contributed by atoms with Crippen molar-refractivity contribution in [3.8, 4) is 0 Å². The normalized spacial score (nSPS) is 9.50. The van der Waals surface area contributed by atoms with E-state index in [1.165, 1.54) is 19.1 Å². The highest BCUT2D eigenvalue weighted by Gasteiger charge is 2.13. The second-order valence-electron chi connectivity index (χ2n) is 2.13. The van der Waals surface area contributed by atoms with Gasteiger partial charge >= 0.3 is 5.97 Å². The fraction of sp³-hybridized carbons (Fsp3) is 0.143. The van der Waals surface area contributed by atoms with Gasteiger partial charge in [0.2, 0.25) is 5.76 Å². The zero-order valence-electron chi connectivity index (χ0n) is 6.37. The van der Waals surface area contributed by atoms with E-state index in [-0.39, 0.29) is 17.3 Å². The van der Waals surface area contributed by atoms with Crippen LogP contribution in [0.5, 0.6) is 0 Å². The maximum absolute atomic E-state index is 10.7. The third-order valence-electron chi connectivity index (χ3n) is 1.26. The first kappa shape index (κ1) is 8.48. The number of Topliss-reactive ketones (excluding diaryl/α,β-unsaturated/α-hetero) is 1. The van der Waals surface area contributed by atoms with Crippen LogP contribution in [0.1, 0.15) is 28.0 Å². The lowest BCUT2D eigenvalue weighted by molar-refractivity contribution is 0.0465. The molecule has 5 nitrogen and oxygen atoms in total. The van der Waals surface area contributed by atoms with Gasteiger partial charge in [-0.3, -0.25) is 4.79 Å². The molecule has 1 rings (SSSR count). The molecule has 0 aromatic carbocycles. The Labute approximate surface area is 68.1 Å². The first-order valence-electron chi connectivity index (χ1n) is 3.17. The summed E-state index contributed by atoms with van der Waals surface area (Å²) in [6, 6.07) is 2.71. The van der Waals surface area contributed by atoms with Crippen molar-refractivity contribution in [1.29, 1.82) is 0 Å². The van der Waals surface area contributed by atoms with Gasteiger partial charge in [-0.1, -0.05) is 0 Å². The molecule has 0 bridgehead atoms. The topological polar surface area (TPSA) is 82.5 Å². The van der Waals surface area contributed by atoms with Crippen molar-refractivity contribution in [2.24, 2.45) is 5.90 Å². The van der Waals surface area contributed by atoms with E-state index in [0.29, 0.717) is 0 Å². The summed E-state index contributed by atoms with van der Waals surface area (Å²) in [7, 11) is 0. The van der Waals surface area contributed by atoms with Crippen LogP contribution in [0, 0.1) is 0 Å². The number of carbonyl (C=O) groups excluding carboxylic acids is 2. The molecule has 0 radical (unpaired) electrons. The smallest absolute Gasteiger partial charge is 0.392 e. The predicted octanol–water partition coefficient (Wildman–Crippen LogP) is 0.513. The van der Waals surface area contributed by atoms with E-state index in [0.717, 1.165) is 0 Å². The summed E-state index contributed by atoms with van der Waals surface area (Å²) in [6.07, 6.45) is 0. The summed E-state index contributed by atoms with van der Waals surface area (Å²) < 4.78 is 4.79. The number of hydrogen-bond donors (Lipinski definition) is 1. The van der Waals surface area contributed by atoms with Crippen molar-refractivity contribution in [1.82, 2.24) is 0 Å². The Balaban J connectivity index is 2.91. The minimum Gasteiger partial charge on any atom is -0.446 e. The van der Waals surface area contributed by atoms with Gasteiger partial charge in [-0.15, -0.1) is 0 Å². The Morgan fingerprint density at radius 1 is 1.42 bits per heavy atom. The van der Waals surface area contributed by atoms with E-state index in [1.54, 1.807) is 0 Å². The number of carbonyl (C=O) groups is 2. The zero-order valence-corrected chi connectivity index (χ0v) is 6.37. The molecule has 0 amide bonds. The molecular weight excluding hydrogens is 162 g/mol. The summed E-state index contributed by atoms with van der Waals surface area (Å²) in [5.41, 5.74) is 0. The molecule has 0 aliphatic carbocycles. The Kier molecular flexibility index (Phi) is 2.25. The molecule has 0 aliphatic rings. The number of rotatable bonds is 2. The lowest BCUT2D eigenvalue weighted by Gasteiger charge is -1.90. The minimum absolute atomic E-state index is 0.0808. The van der Waals surface area contributed by atoms with E-state index < -0.39 is 5.97 Å². The average Bonchev–Trinajstić information content (AvgIpc) is 2.51. The largest absolute Gasteiger partial charge is 0.446 e. The Morgan fingerprint density at radius 3 is 2.42 bits per heavy atom. The molecule has 0 unspecified atom stereocenters. The van der Waals surface area contributed by atoms with Gasteiger partial charge in [0.05, 0.1) is 0 Å². The van der Waals surface area contributed by atoms with E-state index in [2.05, 4.69) is 10.7 Å². The van der Waals surface area contributed by atoms with Crippen molar-refractivity contribution in [3.63, 3.8) is 0 Å². The van der Waals surface area contributed by atoms with E-state index >= 15 is 0 Å². The van der Waals surface area contributed by atoms with Gasteiger partial charge in [0.25, 0.3) is 0 Å².